The summed E-state index contributed by atoms with van der Waals surface area (Å²) in [6.07, 6.45) is 0.713. The topological polar surface area (TPSA) is 78.1 Å². The van der Waals surface area contributed by atoms with Crippen molar-refractivity contribution in [2.45, 2.75) is 32.0 Å². The minimum atomic E-state index is -0.681. The SMILES string of the molecule is CCC(N)(N)C(C)N. The van der Waals surface area contributed by atoms with Crippen LogP contribution in [0, 0.1) is 0 Å². The predicted octanol–water partition coefficient (Wildman–Crippen LogP) is -0.643. The van der Waals surface area contributed by atoms with Gasteiger partial charge in [0.25, 0.3) is 0 Å². The maximum Gasteiger partial charge on any atom is 0.0786 e. The second-order valence-electron chi connectivity index (χ2n) is 2.25. The van der Waals surface area contributed by atoms with E-state index in [1.54, 1.807) is 0 Å². The summed E-state index contributed by atoms with van der Waals surface area (Å²) in [6.45, 7) is 3.73. The van der Waals surface area contributed by atoms with Crippen LogP contribution in [0.5, 0.6) is 0 Å². The van der Waals surface area contributed by atoms with Gasteiger partial charge in [-0.05, 0) is 13.3 Å². The standard InChI is InChI=1S/C5H15N3/c1-3-5(7,8)4(2)6/h4H,3,6-8H2,1-2H3. The smallest absolute Gasteiger partial charge is 0.0786 e. The van der Waals surface area contributed by atoms with Crippen molar-refractivity contribution in [2.24, 2.45) is 17.2 Å². The van der Waals surface area contributed by atoms with Crippen molar-refractivity contribution in [3.8, 4) is 0 Å². The number of rotatable bonds is 2. The van der Waals surface area contributed by atoms with Crippen molar-refractivity contribution in [2.75, 3.05) is 0 Å². The molecule has 0 aliphatic rings. The normalized spacial score (nSPS) is 16.1. The van der Waals surface area contributed by atoms with Crippen LogP contribution >= 0.6 is 0 Å². The molecule has 3 heteroatoms. The third kappa shape index (κ3) is 1.78. The molecule has 0 aromatic heterocycles. The zero-order valence-corrected chi connectivity index (χ0v) is 5.52. The van der Waals surface area contributed by atoms with E-state index >= 15 is 0 Å². The summed E-state index contributed by atoms with van der Waals surface area (Å²) in [4.78, 5) is 0. The maximum absolute atomic E-state index is 5.51. The fourth-order valence-electron chi connectivity index (χ4n) is 0.322. The lowest BCUT2D eigenvalue weighted by molar-refractivity contribution is 0.360. The summed E-state index contributed by atoms with van der Waals surface area (Å²) in [5.41, 5.74) is 15.8. The lowest BCUT2D eigenvalue weighted by atomic mass is 10.0. The van der Waals surface area contributed by atoms with Gasteiger partial charge in [-0.25, -0.2) is 0 Å². The second kappa shape index (κ2) is 2.44. The molecule has 50 valence electrons. The first-order valence-electron chi connectivity index (χ1n) is 2.84. The first kappa shape index (κ1) is 7.88. The molecule has 6 N–H and O–H groups in total. The minimum absolute atomic E-state index is 0.132. The molecule has 0 spiro atoms. The summed E-state index contributed by atoms with van der Waals surface area (Å²) in [6, 6.07) is -0.132. The van der Waals surface area contributed by atoms with E-state index in [1.165, 1.54) is 0 Å². The highest BCUT2D eigenvalue weighted by atomic mass is 15.0. The highest BCUT2D eigenvalue weighted by Gasteiger charge is 2.20. The quantitative estimate of drug-likeness (QED) is 0.421. The van der Waals surface area contributed by atoms with Crippen molar-refractivity contribution < 1.29 is 0 Å². The number of hydrogen-bond donors (Lipinski definition) is 3. The highest BCUT2D eigenvalue weighted by molar-refractivity contribution is 4.83. The molecule has 1 atom stereocenters. The molecule has 0 rings (SSSR count). The van der Waals surface area contributed by atoms with Gasteiger partial charge in [-0.2, -0.15) is 0 Å². The van der Waals surface area contributed by atoms with Crippen molar-refractivity contribution in [3.05, 3.63) is 0 Å². The van der Waals surface area contributed by atoms with Gasteiger partial charge >= 0.3 is 0 Å². The zero-order chi connectivity index (χ0) is 6.78. The average molecular weight is 117 g/mol. The molecular weight excluding hydrogens is 102 g/mol. The van der Waals surface area contributed by atoms with E-state index in [1.807, 2.05) is 13.8 Å². The van der Waals surface area contributed by atoms with Crippen LogP contribution in [0.25, 0.3) is 0 Å². The Balaban J connectivity index is 3.71. The van der Waals surface area contributed by atoms with Gasteiger partial charge in [0.1, 0.15) is 0 Å². The third-order valence-electron chi connectivity index (χ3n) is 1.46. The summed E-state index contributed by atoms with van der Waals surface area (Å²) in [7, 11) is 0. The monoisotopic (exact) mass is 117 g/mol. The fourth-order valence-corrected chi connectivity index (χ4v) is 0.322. The molecule has 0 aromatic rings. The first-order valence-corrected chi connectivity index (χ1v) is 2.84. The molecule has 0 radical (unpaired) electrons. The number of hydrogen-bond acceptors (Lipinski definition) is 3. The van der Waals surface area contributed by atoms with Crippen molar-refractivity contribution >= 4 is 0 Å². The molecule has 1 unspecified atom stereocenters. The average Bonchev–Trinajstić information content (AvgIpc) is 1.67. The Morgan fingerprint density at radius 3 is 1.88 bits per heavy atom. The van der Waals surface area contributed by atoms with Gasteiger partial charge in [0.05, 0.1) is 5.66 Å². The van der Waals surface area contributed by atoms with Crippen molar-refractivity contribution in [1.29, 1.82) is 0 Å². The van der Waals surface area contributed by atoms with Crippen molar-refractivity contribution in [3.63, 3.8) is 0 Å². The summed E-state index contributed by atoms with van der Waals surface area (Å²) < 4.78 is 0. The molecular formula is C5H15N3. The molecule has 0 fully saturated rings. The fraction of sp³-hybridized carbons (Fsp3) is 1.00. The lowest BCUT2D eigenvalue weighted by Gasteiger charge is -2.26. The van der Waals surface area contributed by atoms with Gasteiger partial charge in [0, 0.05) is 6.04 Å². The number of nitrogens with two attached hydrogens (primary N) is 3. The van der Waals surface area contributed by atoms with E-state index in [2.05, 4.69) is 0 Å². The summed E-state index contributed by atoms with van der Waals surface area (Å²) >= 11 is 0. The Labute approximate surface area is 50.2 Å². The van der Waals surface area contributed by atoms with E-state index in [0.717, 1.165) is 0 Å². The Morgan fingerprint density at radius 2 is 1.88 bits per heavy atom. The molecule has 8 heavy (non-hydrogen) atoms. The van der Waals surface area contributed by atoms with Crippen LogP contribution in [0.1, 0.15) is 20.3 Å². The Bertz CT molecular complexity index is 68.1. The van der Waals surface area contributed by atoms with Gasteiger partial charge in [0.15, 0.2) is 0 Å². The van der Waals surface area contributed by atoms with Crippen LogP contribution in [-0.2, 0) is 0 Å². The van der Waals surface area contributed by atoms with Crippen LogP contribution < -0.4 is 17.2 Å². The van der Waals surface area contributed by atoms with E-state index in [0.29, 0.717) is 6.42 Å². The molecule has 0 amide bonds. The highest BCUT2D eigenvalue weighted by Crippen LogP contribution is 1.99. The van der Waals surface area contributed by atoms with E-state index in [4.69, 9.17) is 17.2 Å². The Hall–Kier alpha value is -0.120. The van der Waals surface area contributed by atoms with E-state index in [-0.39, 0.29) is 6.04 Å². The molecule has 0 saturated heterocycles. The zero-order valence-electron chi connectivity index (χ0n) is 5.52. The van der Waals surface area contributed by atoms with Gasteiger partial charge in [-0.1, -0.05) is 6.92 Å². The van der Waals surface area contributed by atoms with Crippen LogP contribution in [0.2, 0.25) is 0 Å². The molecule has 0 aliphatic carbocycles. The van der Waals surface area contributed by atoms with Gasteiger partial charge in [0.2, 0.25) is 0 Å². The maximum atomic E-state index is 5.51. The van der Waals surface area contributed by atoms with Crippen molar-refractivity contribution in [1.82, 2.24) is 0 Å². The largest absolute Gasteiger partial charge is 0.325 e. The van der Waals surface area contributed by atoms with Crippen LogP contribution in [0.4, 0.5) is 0 Å². The second-order valence-corrected chi connectivity index (χ2v) is 2.25. The van der Waals surface area contributed by atoms with Gasteiger partial charge < -0.3 is 17.2 Å². The molecule has 0 bridgehead atoms. The van der Waals surface area contributed by atoms with E-state index < -0.39 is 5.66 Å². The molecule has 3 nitrogen and oxygen atoms in total. The molecule has 0 aliphatic heterocycles. The van der Waals surface area contributed by atoms with Gasteiger partial charge in [-0.3, -0.25) is 0 Å². The lowest BCUT2D eigenvalue weighted by Crippen LogP contribution is -2.60. The minimum Gasteiger partial charge on any atom is -0.325 e. The molecule has 0 saturated carbocycles. The third-order valence-corrected chi connectivity index (χ3v) is 1.46. The summed E-state index contributed by atoms with van der Waals surface area (Å²) in [5, 5.41) is 0. The molecule has 0 aromatic carbocycles. The Morgan fingerprint density at radius 1 is 1.50 bits per heavy atom. The van der Waals surface area contributed by atoms with Crippen LogP contribution in [0.15, 0.2) is 0 Å². The molecule has 0 heterocycles. The first-order chi connectivity index (χ1) is 3.50. The van der Waals surface area contributed by atoms with E-state index in [9.17, 15) is 0 Å². The Kier molecular flexibility index (Phi) is 2.40. The summed E-state index contributed by atoms with van der Waals surface area (Å²) in [5.74, 6) is 0. The predicted molar refractivity (Wildman–Crippen MR) is 35.0 cm³/mol. The van der Waals surface area contributed by atoms with Gasteiger partial charge in [-0.15, -0.1) is 0 Å². The van der Waals surface area contributed by atoms with Crippen LogP contribution in [0.3, 0.4) is 0 Å². The van der Waals surface area contributed by atoms with Crippen LogP contribution in [-0.4, -0.2) is 11.7 Å².